The van der Waals surface area contributed by atoms with E-state index in [4.69, 9.17) is 4.74 Å². The molecule has 0 amide bonds. The molecule has 0 atom stereocenters. The summed E-state index contributed by atoms with van der Waals surface area (Å²) in [6, 6.07) is 3.91. The van der Waals surface area contributed by atoms with Gasteiger partial charge < -0.3 is 9.72 Å². The fourth-order valence-electron chi connectivity index (χ4n) is 2.28. The number of rotatable bonds is 2. The maximum absolute atomic E-state index is 11.9. The van der Waals surface area contributed by atoms with E-state index in [-0.39, 0.29) is 5.56 Å². The average molecular weight is 231 g/mol. The van der Waals surface area contributed by atoms with Gasteiger partial charge in [0, 0.05) is 10.9 Å². The molecule has 0 aliphatic carbocycles. The van der Waals surface area contributed by atoms with Crippen LogP contribution in [0.4, 0.5) is 0 Å². The van der Waals surface area contributed by atoms with Gasteiger partial charge in [-0.3, -0.25) is 4.79 Å². The molecule has 2 aromatic rings. The van der Waals surface area contributed by atoms with Gasteiger partial charge in [-0.25, -0.2) is 0 Å². The summed E-state index contributed by atoms with van der Waals surface area (Å²) >= 11 is 0. The summed E-state index contributed by atoms with van der Waals surface area (Å²) in [7, 11) is 1.66. The van der Waals surface area contributed by atoms with Crippen LogP contribution in [0.15, 0.2) is 16.9 Å². The minimum absolute atomic E-state index is 0.0192. The van der Waals surface area contributed by atoms with Gasteiger partial charge in [-0.05, 0) is 43.5 Å². The number of nitrogens with one attached hydrogen (secondary N) is 1. The van der Waals surface area contributed by atoms with Crippen molar-refractivity contribution in [2.24, 2.45) is 0 Å². The lowest BCUT2D eigenvalue weighted by molar-refractivity contribution is 0.415. The Labute approximate surface area is 100 Å². The van der Waals surface area contributed by atoms with Gasteiger partial charge in [0.15, 0.2) is 0 Å². The van der Waals surface area contributed by atoms with E-state index in [2.05, 4.69) is 4.98 Å². The SMILES string of the molecule is CCc1c(C)c2cc(OC)cc(C)c2[nH]c1=O. The summed E-state index contributed by atoms with van der Waals surface area (Å²) < 4.78 is 5.27. The zero-order valence-corrected chi connectivity index (χ0v) is 10.7. The Morgan fingerprint density at radius 1 is 1.29 bits per heavy atom. The highest BCUT2D eigenvalue weighted by Crippen LogP contribution is 2.26. The summed E-state index contributed by atoms with van der Waals surface area (Å²) in [6.07, 6.45) is 0.743. The van der Waals surface area contributed by atoms with Crippen molar-refractivity contribution in [1.29, 1.82) is 0 Å². The zero-order valence-electron chi connectivity index (χ0n) is 10.7. The van der Waals surface area contributed by atoms with Crippen molar-refractivity contribution in [3.8, 4) is 5.75 Å². The number of hydrogen-bond acceptors (Lipinski definition) is 2. The van der Waals surface area contributed by atoms with Crippen LogP contribution in [0.25, 0.3) is 10.9 Å². The van der Waals surface area contributed by atoms with Gasteiger partial charge in [0.05, 0.1) is 12.6 Å². The van der Waals surface area contributed by atoms with Gasteiger partial charge in [0.2, 0.25) is 0 Å². The van der Waals surface area contributed by atoms with Crippen molar-refractivity contribution in [3.63, 3.8) is 0 Å². The number of ether oxygens (including phenoxy) is 1. The number of aromatic nitrogens is 1. The summed E-state index contributed by atoms with van der Waals surface area (Å²) in [4.78, 5) is 14.9. The Morgan fingerprint density at radius 2 is 2.00 bits per heavy atom. The molecule has 0 fully saturated rings. The minimum Gasteiger partial charge on any atom is -0.497 e. The lowest BCUT2D eigenvalue weighted by Crippen LogP contribution is -2.14. The van der Waals surface area contributed by atoms with Crippen molar-refractivity contribution in [3.05, 3.63) is 39.2 Å². The Kier molecular flexibility index (Phi) is 2.92. The first-order valence-electron chi connectivity index (χ1n) is 5.78. The second kappa shape index (κ2) is 4.24. The van der Waals surface area contributed by atoms with Gasteiger partial charge >= 0.3 is 0 Å². The molecule has 0 saturated heterocycles. The van der Waals surface area contributed by atoms with Crippen LogP contribution in [0.2, 0.25) is 0 Å². The molecule has 0 aliphatic heterocycles. The Balaban J connectivity index is 2.92. The predicted molar refractivity (Wildman–Crippen MR) is 70.0 cm³/mol. The third kappa shape index (κ3) is 1.82. The Bertz CT molecular complexity index is 626. The Hall–Kier alpha value is -1.77. The van der Waals surface area contributed by atoms with Crippen LogP contribution < -0.4 is 10.3 Å². The third-order valence-electron chi connectivity index (χ3n) is 3.27. The van der Waals surface area contributed by atoms with E-state index < -0.39 is 0 Å². The molecule has 0 aliphatic rings. The topological polar surface area (TPSA) is 42.1 Å². The molecule has 0 spiro atoms. The third-order valence-corrected chi connectivity index (χ3v) is 3.27. The van der Waals surface area contributed by atoms with Gasteiger partial charge in [-0.1, -0.05) is 6.92 Å². The van der Waals surface area contributed by atoms with Gasteiger partial charge in [0.25, 0.3) is 5.56 Å². The number of H-pyrrole nitrogens is 1. The molecule has 2 rings (SSSR count). The molecule has 1 N–H and O–H groups in total. The van der Waals surface area contributed by atoms with Crippen molar-refractivity contribution < 1.29 is 4.74 Å². The van der Waals surface area contributed by atoms with E-state index in [1.807, 2.05) is 32.9 Å². The first-order chi connectivity index (χ1) is 8.08. The summed E-state index contributed by atoms with van der Waals surface area (Å²) in [5.74, 6) is 0.826. The second-order valence-corrected chi connectivity index (χ2v) is 4.28. The number of pyridine rings is 1. The van der Waals surface area contributed by atoms with Crippen LogP contribution in [0.3, 0.4) is 0 Å². The number of benzene rings is 1. The van der Waals surface area contributed by atoms with E-state index in [0.29, 0.717) is 0 Å². The fourth-order valence-corrected chi connectivity index (χ4v) is 2.28. The average Bonchev–Trinajstić information content (AvgIpc) is 2.31. The molecule has 1 aromatic carbocycles. The molecule has 1 aromatic heterocycles. The first-order valence-corrected chi connectivity index (χ1v) is 5.78. The maximum atomic E-state index is 11.9. The highest BCUT2D eigenvalue weighted by molar-refractivity contribution is 5.87. The highest BCUT2D eigenvalue weighted by atomic mass is 16.5. The summed E-state index contributed by atoms with van der Waals surface area (Å²) in [6.45, 7) is 5.97. The van der Waals surface area contributed by atoms with E-state index in [0.717, 1.165) is 39.8 Å². The summed E-state index contributed by atoms with van der Waals surface area (Å²) in [5, 5.41) is 1.07. The lowest BCUT2D eigenvalue weighted by Gasteiger charge is -2.11. The Morgan fingerprint density at radius 3 is 2.59 bits per heavy atom. The number of methoxy groups -OCH3 is 1. The second-order valence-electron chi connectivity index (χ2n) is 4.28. The summed E-state index contributed by atoms with van der Waals surface area (Å²) in [5.41, 5.74) is 3.86. The molecular weight excluding hydrogens is 214 g/mol. The van der Waals surface area contributed by atoms with Crippen molar-refractivity contribution >= 4 is 10.9 Å². The van der Waals surface area contributed by atoms with E-state index in [9.17, 15) is 4.79 Å². The van der Waals surface area contributed by atoms with Gasteiger partial charge in [-0.2, -0.15) is 0 Å². The number of hydrogen-bond donors (Lipinski definition) is 1. The highest BCUT2D eigenvalue weighted by Gasteiger charge is 2.10. The van der Waals surface area contributed by atoms with E-state index in [1.165, 1.54) is 0 Å². The number of aryl methyl sites for hydroxylation is 2. The normalized spacial score (nSPS) is 10.8. The fraction of sp³-hybridized carbons (Fsp3) is 0.357. The smallest absolute Gasteiger partial charge is 0.251 e. The number of aromatic amines is 1. The number of fused-ring (bicyclic) bond motifs is 1. The standard InChI is InChI=1S/C14H17NO2/c1-5-11-9(3)12-7-10(17-4)6-8(2)13(12)15-14(11)16/h6-7H,5H2,1-4H3,(H,15,16). The van der Waals surface area contributed by atoms with Crippen LogP contribution in [0.5, 0.6) is 5.75 Å². The van der Waals surface area contributed by atoms with Crippen LogP contribution in [-0.2, 0) is 6.42 Å². The molecule has 3 nitrogen and oxygen atoms in total. The monoisotopic (exact) mass is 231 g/mol. The maximum Gasteiger partial charge on any atom is 0.251 e. The van der Waals surface area contributed by atoms with Crippen LogP contribution >= 0.6 is 0 Å². The van der Waals surface area contributed by atoms with Crippen molar-refractivity contribution in [1.82, 2.24) is 4.98 Å². The predicted octanol–water partition coefficient (Wildman–Crippen LogP) is 2.72. The molecule has 1 heterocycles. The molecule has 90 valence electrons. The van der Waals surface area contributed by atoms with E-state index in [1.54, 1.807) is 7.11 Å². The van der Waals surface area contributed by atoms with Crippen LogP contribution in [-0.4, -0.2) is 12.1 Å². The quantitative estimate of drug-likeness (QED) is 0.863. The molecule has 17 heavy (non-hydrogen) atoms. The minimum atomic E-state index is 0.0192. The first kappa shape index (κ1) is 11.7. The van der Waals surface area contributed by atoms with Gasteiger partial charge in [0.1, 0.15) is 5.75 Å². The molecule has 3 heteroatoms. The zero-order chi connectivity index (χ0) is 12.6. The lowest BCUT2D eigenvalue weighted by atomic mass is 10.0. The van der Waals surface area contributed by atoms with Crippen molar-refractivity contribution in [2.45, 2.75) is 27.2 Å². The van der Waals surface area contributed by atoms with Crippen LogP contribution in [0, 0.1) is 13.8 Å². The van der Waals surface area contributed by atoms with Crippen LogP contribution in [0.1, 0.15) is 23.6 Å². The molecular formula is C14H17NO2. The molecule has 0 bridgehead atoms. The van der Waals surface area contributed by atoms with E-state index >= 15 is 0 Å². The molecule has 0 saturated carbocycles. The van der Waals surface area contributed by atoms with Gasteiger partial charge in [-0.15, -0.1) is 0 Å². The molecule has 0 radical (unpaired) electrons. The van der Waals surface area contributed by atoms with Crippen molar-refractivity contribution in [2.75, 3.05) is 7.11 Å². The largest absolute Gasteiger partial charge is 0.497 e. The molecule has 0 unspecified atom stereocenters.